The highest BCUT2D eigenvalue weighted by Gasteiger charge is 2.47. The molecule has 0 fully saturated rings. The van der Waals surface area contributed by atoms with Crippen LogP contribution >= 0.6 is 0 Å². The van der Waals surface area contributed by atoms with Gasteiger partial charge in [0, 0.05) is 0 Å². The summed E-state index contributed by atoms with van der Waals surface area (Å²) in [4.78, 5) is 0. The van der Waals surface area contributed by atoms with Gasteiger partial charge >= 0.3 is 0 Å². The van der Waals surface area contributed by atoms with Crippen LogP contribution in [0.2, 0.25) is 0 Å². The van der Waals surface area contributed by atoms with Crippen LogP contribution in [-0.2, 0) is 0 Å². The van der Waals surface area contributed by atoms with Crippen LogP contribution in [0.25, 0.3) is 0 Å². The maximum atomic E-state index is 5.93. The Morgan fingerprint density at radius 3 is 1.26 bits per heavy atom. The van der Waals surface area contributed by atoms with E-state index in [1.54, 1.807) is 12.5 Å². The van der Waals surface area contributed by atoms with Gasteiger partial charge in [0.2, 0.25) is 0 Å². The first kappa shape index (κ1) is 13.9. The monoisotopic (exact) mass is 316 g/mol. The molecule has 0 unspecified atom stereocenters. The minimum Gasteiger partial charge on any atom is -0.473 e. The van der Waals surface area contributed by atoms with Gasteiger partial charge in [-0.1, -0.05) is 60.7 Å². The standard InChI is InChI=1S/C20H16O2Si/c1-3-9-17(10-4-1)23(19-13-7-15-21-19,20-14-8-16-22-20)18-11-5-2-6-12-18/h1-16H. The van der Waals surface area contributed by atoms with Crippen LogP contribution in [0, 0.1) is 0 Å². The van der Waals surface area contributed by atoms with Gasteiger partial charge < -0.3 is 8.83 Å². The smallest absolute Gasteiger partial charge is 0.265 e. The zero-order valence-corrected chi connectivity index (χ0v) is 13.6. The molecule has 0 radical (unpaired) electrons. The highest BCUT2D eigenvalue weighted by molar-refractivity contribution is 7.18. The van der Waals surface area contributed by atoms with Crippen molar-refractivity contribution in [3.05, 3.63) is 97.5 Å². The van der Waals surface area contributed by atoms with E-state index in [0.717, 1.165) is 10.8 Å². The quantitative estimate of drug-likeness (QED) is 0.540. The normalized spacial score (nSPS) is 11.5. The molecule has 0 saturated carbocycles. The zero-order chi connectivity index (χ0) is 15.5. The summed E-state index contributed by atoms with van der Waals surface area (Å²) >= 11 is 0. The largest absolute Gasteiger partial charge is 0.473 e. The van der Waals surface area contributed by atoms with Crippen molar-refractivity contribution in [1.29, 1.82) is 0 Å². The predicted octanol–water partition coefficient (Wildman–Crippen LogP) is 2.25. The average molecular weight is 316 g/mol. The molecule has 0 N–H and O–H groups in total. The minimum atomic E-state index is -2.53. The summed E-state index contributed by atoms with van der Waals surface area (Å²) in [5, 5.41) is 4.45. The molecule has 2 aromatic carbocycles. The summed E-state index contributed by atoms with van der Waals surface area (Å²) in [6.45, 7) is 0. The van der Waals surface area contributed by atoms with Crippen LogP contribution in [0.15, 0.2) is 106 Å². The van der Waals surface area contributed by atoms with Crippen LogP contribution in [0.1, 0.15) is 0 Å². The van der Waals surface area contributed by atoms with Crippen molar-refractivity contribution in [2.24, 2.45) is 0 Å². The van der Waals surface area contributed by atoms with Crippen molar-refractivity contribution in [1.82, 2.24) is 0 Å². The van der Waals surface area contributed by atoms with E-state index < -0.39 is 8.07 Å². The maximum Gasteiger partial charge on any atom is 0.265 e. The molecule has 0 aliphatic heterocycles. The third kappa shape index (κ3) is 2.17. The van der Waals surface area contributed by atoms with Gasteiger partial charge in [0.05, 0.1) is 12.5 Å². The van der Waals surface area contributed by atoms with Crippen LogP contribution in [0.5, 0.6) is 0 Å². The van der Waals surface area contributed by atoms with E-state index in [2.05, 4.69) is 60.7 Å². The molecule has 0 spiro atoms. The summed E-state index contributed by atoms with van der Waals surface area (Å²) in [6.07, 6.45) is 3.48. The summed E-state index contributed by atoms with van der Waals surface area (Å²) in [7, 11) is -2.53. The lowest BCUT2D eigenvalue weighted by molar-refractivity contribution is 0.586. The fraction of sp³-hybridized carbons (Fsp3) is 0. The molecule has 0 aliphatic carbocycles. The number of rotatable bonds is 4. The molecule has 0 aliphatic rings. The lowest BCUT2D eigenvalue weighted by Crippen LogP contribution is -2.74. The van der Waals surface area contributed by atoms with E-state index in [1.807, 2.05) is 24.3 Å². The average Bonchev–Trinajstić information content (AvgIpc) is 3.32. The Kier molecular flexibility index (Phi) is 3.48. The molecule has 2 aromatic heterocycles. The van der Waals surface area contributed by atoms with Crippen molar-refractivity contribution < 1.29 is 8.83 Å². The highest BCUT2D eigenvalue weighted by Crippen LogP contribution is 2.09. The van der Waals surface area contributed by atoms with Crippen LogP contribution in [0.3, 0.4) is 0 Å². The van der Waals surface area contributed by atoms with Gasteiger partial charge in [-0.3, -0.25) is 0 Å². The molecule has 4 aromatic rings. The molecule has 23 heavy (non-hydrogen) atoms. The topological polar surface area (TPSA) is 26.3 Å². The Labute approximate surface area is 136 Å². The first-order valence-corrected chi connectivity index (χ1v) is 9.61. The molecule has 4 rings (SSSR count). The molecular weight excluding hydrogens is 300 g/mol. The Hall–Kier alpha value is -2.78. The Morgan fingerprint density at radius 1 is 0.478 bits per heavy atom. The van der Waals surface area contributed by atoms with Gasteiger partial charge in [-0.25, -0.2) is 0 Å². The Bertz CT molecular complexity index is 775. The maximum absolute atomic E-state index is 5.93. The van der Waals surface area contributed by atoms with Crippen molar-refractivity contribution >= 4 is 29.2 Å². The van der Waals surface area contributed by atoms with Gasteiger partial charge in [-0.2, -0.15) is 0 Å². The molecule has 3 heteroatoms. The highest BCUT2D eigenvalue weighted by atomic mass is 28.3. The number of furan rings is 2. The molecule has 0 bridgehead atoms. The predicted molar refractivity (Wildman–Crippen MR) is 94.6 cm³/mol. The minimum absolute atomic E-state index is 0.977. The number of benzene rings is 2. The Morgan fingerprint density at radius 2 is 0.913 bits per heavy atom. The molecule has 0 atom stereocenters. The first-order chi connectivity index (χ1) is 11.4. The van der Waals surface area contributed by atoms with Crippen LogP contribution in [-0.4, -0.2) is 8.07 Å². The van der Waals surface area contributed by atoms with E-state index in [-0.39, 0.29) is 0 Å². The van der Waals surface area contributed by atoms with Crippen LogP contribution < -0.4 is 21.1 Å². The van der Waals surface area contributed by atoms with Gasteiger partial charge in [-0.05, 0) is 34.6 Å². The fourth-order valence-electron chi connectivity index (χ4n) is 3.22. The lowest BCUT2D eigenvalue weighted by atomic mass is 10.4. The third-order valence-corrected chi connectivity index (χ3v) is 8.64. The van der Waals surface area contributed by atoms with E-state index in [9.17, 15) is 0 Å². The van der Waals surface area contributed by atoms with Crippen molar-refractivity contribution in [2.45, 2.75) is 0 Å². The lowest BCUT2D eigenvalue weighted by Gasteiger charge is -2.28. The molecule has 0 amide bonds. The van der Waals surface area contributed by atoms with Gasteiger partial charge in [-0.15, -0.1) is 0 Å². The van der Waals surface area contributed by atoms with Crippen molar-refractivity contribution in [3.8, 4) is 0 Å². The van der Waals surface area contributed by atoms with Crippen molar-refractivity contribution in [2.75, 3.05) is 0 Å². The van der Waals surface area contributed by atoms with E-state index in [4.69, 9.17) is 8.83 Å². The van der Waals surface area contributed by atoms with Gasteiger partial charge in [0.15, 0.2) is 0 Å². The second-order valence-corrected chi connectivity index (χ2v) is 9.08. The van der Waals surface area contributed by atoms with E-state index in [0.29, 0.717) is 0 Å². The van der Waals surface area contributed by atoms with Gasteiger partial charge in [0.25, 0.3) is 8.07 Å². The number of hydrogen-bond acceptors (Lipinski definition) is 2. The Balaban J connectivity index is 2.11. The summed E-state index contributed by atoms with van der Waals surface area (Å²) in [5.74, 6) is 0. The molecular formula is C20H16O2Si. The fourth-order valence-corrected chi connectivity index (χ4v) is 7.50. The zero-order valence-electron chi connectivity index (χ0n) is 12.6. The summed E-state index contributed by atoms with van der Waals surface area (Å²) in [6, 6.07) is 29.1. The summed E-state index contributed by atoms with van der Waals surface area (Å²) in [5.41, 5.74) is 0. The first-order valence-electron chi connectivity index (χ1n) is 7.61. The molecule has 112 valence electrons. The van der Waals surface area contributed by atoms with E-state index >= 15 is 0 Å². The molecule has 2 heterocycles. The summed E-state index contributed by atoms with van der Waals surface area (Å²) < 4.78 is 11.9. The van der Waals surface area contributed by atoms with E-state index in [1.165, 1.54) is 10.4 Å². The van der Waals surface area contributed by atoms with Gasteiger partial charge in [0.1, 0.15) is 10.8 Å². The molecule has 2 nitrogen and oxygen atoms in total. The second kappa shape index (κ2) is 5.78. The third-order valence-electron chi connectivity index (χ3n) is 4.20. The second-order valence-electron chi connectivity index (χ2n) is 5.44. The van der Waals surface area contributed by atoms with Crippen molar-refractivity contribution in [3.63, 3.8) is 0 Å². The number of hydrogen-bond donors (Lipinski definition) is 0. The SMILES string of the molecule is c1ccc([Si](c2ccccc2)(c2ccco2)c2ccco2)cc1. The molecule has 0 saturated heterocycles. The van der Waals surface area contributed by atoms with Crippen LogP contribution in [0.4, 0.5) is 0 Å².